The molecule has 3 aliphatic rings. The summed E-state index contributed by atoms with van der Waals surface area (Å²) < 4.78 is 6.56. The number of thioether (sulfide) groups is 1. The zero-order valence-electron chi connectivity index (χ0n) is 25.3. The number of Topliss-reactive ketones (excluding diaryl/α,β-unsaturated/α-hetero) is 1. The highest BCUT2D eigenvalue weighted by atomic mass is 32.2. The number of aryl methyl sites for hydroxylation is 1. The molecule has 3 aliphatic carbocycles. The average Bonchev–Trinajstić information content (AvgIpc) is 3.15. The molecule has 1 aromatic carbocycles. The molecule has 7 atom stereocenters. The minimum absolute atomic E-state index is 0.0982. The number of allylic oxidation sites excluding steroid dienone is 3. The van der Waals surface area contributed by atoms with Crippen LogP contribution in [0.3, 0.4) is 0 Å². The summed E-state index contributed by atoms with van der Waals surface area (Å²) in [6, 6.07) is 3.83. The maximum absolute atomic E-state index is 12.8. The van der Waals surface area contributed by atoms with E-state index in [-0.39, 0.29) is 50.9 Å². The molecule has 228 valence electrons. The lowest BCUT2D eigenvalue weighted by atomic mass is 9.59. The van der Waals surface area contributed by atoms with Gasteiger partial charge >= 0.3 is 5.97 Å². The van der Waals surface area contributed by atoms with E-state index in [1.807, 2.05) is 26.0 Å². The summed E-state index contributed by atoms with van der Waals surface area (Å²) in [4.78, 5) is 25.0. The second-order valence-electron chi connectivity index (χ2n) is 12.4. The van der Waals surface area contributed by atoms with Gasteiger partial charge in [-0.25, -0.2) is 4.79 Å². The normalized spacial score (nSPS) is 27.7. The number of aliphatic carboxylic acids is 1. The van der Waals surface area contributed by atoms with Crippen LogP contribution < -0.4 is 4.74 Å². The van der Waals surface area contributed by atoms with Gasteiger partial charge in [-0.1, -0.05) is 62.3 Å². The van der Waals surface area contributed by atoms with Gasteiger partial charge in [-0.2, -0.15) is 0 Å². The van der Waals surface area contributed by atoms with Gasteiger partial charge in [0, 0.05) is 28.7 Å². The molecular formula is C34H44O6S2. The number of carboxylic acid groups (broad SMARTS) is 1. The van der Waals surface area contributed by atoms with E-state index >= 15 is 0 Å². The van der Waals surface area contributed by atoms with E-state index in [4.69, 9.17) is 17.0 Å². The third-order valence-electron chi connectivity index (χ3n) is 9.47. The fraction of sp³-hybridized carbons (Fsp3) is 0.559. The van der Waals surface area contributed by atoms with Gasteiger partial charge in [-0.15, -0.1) is 0 Å². The molecule has 4 rings (SSSR count). The molecule has 0 saturated heterocycles. The quantitative estimate of drug-likeness (QED) is 0.135. The van der Waals surface area contributed by atoms with Crippen molar-refractivity contribution in [2.24, 2.45) is 29.6 Å². The number of ether oxygens (including phenoxy) is 1. The molecule has 42 heavy (non-hydrogen) atoms. The van der Waals surface area contributed by atoms with E-state index < -0.39 is 23.9 Å². The van der Waals surface area contributed by atoms with Gasteiger partial charge in [0.1, 0.15) is 17.3 Å². The molecule has 1 saturated carbocycles. The second kappa shape index (κ2) is 13.5. The highest BCUT2D eigenvalue weighted by Gasteiger charge is 2.61. The Balaban J connectivity index is 1.61. The predicted molar refractivity (Wildman–Crippen MR) is 172 cm³/mol. The molecule has 8 heteroatoms. The number of aromatic hydroxyl groups is 1. The van der Waals surface area contributed by atoms with Crippen LogP contribution in [0.2, 0.25) is 0 Å². The van der Waals surface area contributed by atoms with Crippen molar-refractivity contribution in [3.63, 3.8) is 0 Å². The Morgan fingerprint density at radius 1 is 1.29 bits per heavy atom. The first-order valence-electron chi connectivity index (χ1n) is 15.1. The van der Waals surface area contributed by atoms with Crippen LogP contribution in [0.15, 0.2) is 47.1 Å². The SMILES string of the molecule is C=C(C)[C@@H]1CCC(C)=C[C@H]1c1c(O)cc(CCCCC)cc1OC(=S)SCC1=C(C(=O)O)C2C(=O)[C@H]([C@@H](C)O)C2[C@H]1C. The number of benzene rings is 1. The van der Waals surface area contributed by atoms with E-state index in [1.54, 1.807) is 6.92 Å². The Kier molecular flexibility index (Phi) is 10.4. The van der Waals surface area contributed by atoms with E-state index in [2.05, 4.69) is 26.5 Å². The molecule has 0 bridgehead atoms. The molecule has 0 aromatic heterocycles. The van der Waals surface area contributed by atoms with Crippen molar-refractivity contribution in [1.82, 2.24) is 0 Å². The van der Waals surface area contributed by atoms with E-state index in [0.717, 1.165) is 49.7 Å². The van der Waals surface area contributed by atoms with Crippen molar-refractivity contribution in [3.05, 3.63) is 58.2 Å². The van der Waals surface area contributed by atoms with Crippen LogP contribution in [-0.2, 0) is 16.0 Å². The minimum atomic E-state index is -1.09. The van der Waals surface area contributed by atoms with E-state index in [1.165, 1.54) is 17.3 Å². The first-order chi connectivity index (χ1) is 19.9. The van der Waals surface area contributed by atoms with Crippen molar-refractivity contribution in [3.8, 4) is 11.5 Å². The van der Waals surface area contributed by atoms with Crippen LogP contribution in [0, 0.1) is 29.6 Å². The lowest BCUT2D eigenvalue weighted by molar-refractivity contribution is -0.151. The van der Waals surface area contributed by atoms with Gasteiger partial charge in [0.05, 0.1) is 12.0 Å². The minimum Gasteiger partial charge on any atom is -0.507 e. The lowest BCUT2D eigenvalue weighted by Gasteiger charge is -2.43. The maximum Gasteiger partial charge on any atom is 0.332 e. The number of unbranched alkanes of at least 4 members (excludes halogenated alkanes) is 2. The Labute approximate surface area is 259 Å². The summed E-state index contributed by atoms with van der Waals surface area (Å²) in [7, 11) is 0. The molecular weight excluding hydrogens is 569 g/mol. The van der Waals surface area contributed by atoms with Gasteiger partial charge in [-0.05, 0) is 99.7 Å². The van der Waals surface area contributed by atoms with Gasteiger partial charge in [0.15, 0.2) is 0 Å². The molecule has 0 radical (unpaired) electrons. The number of carbonyl (C=O) groups excluding carboxylic acids is 1. The summed E-state index contributed by atoms with van der Waals surface area (Å²) in [6.07, 6.45) is 7.31. The number of hydrogen-bond acceptors (Lipinski definition) is 7. The first-order valence-corrected chi connectivity index (χ1v) is 16.5. The van der Waals surface area contributed by atoms with E-state index in [0.29, 0.717) is 16.9 Å². The van der Waals surface area contributed by atoms with Gasteiger partial charge in [-0.3, -0.25) is 4.79 Å². The standard InChI is InChI=1S/C34H44O6S2/c1-7-8-9-10-21-14-25(36)29(23-13-18(4)11-12-22(23)17(2)3)26(15-21)40-34(41)42-16-24-19(5)27-28(20(6)35)32(37)31(27)30(24)33(38)39/h13-15,19-20,22-23,27-28,31,35-36H,2,7-12,16H2,1,3-6H3,(H,38,39)/t19-,20+,22-,23+,27?,28+,31?/m0/s1. The topological polar surface area (TPSA) is 104 Å². The number of aliphatic hydroxyl groups is 1. The highest BCUT2D eigenvalue weighted by molar-refractivity contribution is 8.22. The Morgan fingerprint density at radius 3 is 2.62 bits per heavy atom. The van der Waals surface area contributed by atoms with Crippen molar-refractivity contribution < 1.29 is 29.6 Å². The third-order valence-corrected chi connectivity index (χ3v) is 10.7. The monoisotopic (exact) mass is 612 g/mol. The molecule has 1 fully saturated rings. The molecule has 0 spiro atoms. The third kappa shape index (κ3) is 6.41. The number of ketones is 1. The van der Waals surface area contributed by atoms with Crippen molar-refractivity contribution >= 4 is 40.1 Å². The summed E-state index contributed by atoms with van der Waals surface area (Å²) in [5.41, 5.74) is 4.82. The molecule has 2 unspecified atom stereocenters. The summed E-state index contributed by atoms with van der Waals surface area (Å²) in [5.74, 6) is -1.82. The highest BCUT2D eigenvalue weighted by Crippen LogP contribution is 2.56. The summed E-state index contributed by atoms with van der Waals surface area (Å²) in [6.45, 7) is 14.0. The van der Waals surface area contributed by atoms with Crippen LogP contribution in [0.1, 0.15) is 83.8 Å². The number of phenolic OH excluding ortho intramolecular Hbond substituents is 1. The lowest BCUT2D eigenvalue weighted by Crippen LogP contribution is -2.53. The fourth-order valence-corrected chi connectivity index (χ4v) is 8.41. The molecule has 0 heterocycles. The average molecular weight is 613 g/mol. The molecule has 0 amide bonds. The Hall–Kier alpha value is -2.42. The Morgan fingerprint density at radius 2 is 2.00 bits per heavy atom. The van der Waals surface area contributed by atoms with E-state index in [9.17, 15) is 24.9 Å². The molecule has 3 N–H and O–H groups in total. The molecule has 1 aromatic rings. The molecule has 0 aliphatic heterocycles. The number of aliphatic hydroxyl groups excluding tert-OH is 1. The fourth-order valence-electron chi connectivity index (χ4n) is 7.30. The second-order valence-corrected chi connectivity index (χ2v) is 14.0. The van der Waals surface area contributed by atoms with Crippen molar-refractivity contribution in [2.45, 2.75) is 85.2 Å². The number of thiocarbonyl (C=S) groups is 1. The zero-order chi connectivity index (χ0) is 30.9. The first kappa shape index (κ1) is 32.5. The van der Waals surface area contributed by atoms with Crippen LogP contribution >= 0.6 is 24.0 Å². The van der Waals surface area contributed by atoms with Gasteiger partial charge in [0.25, 0.3) is 0 Å². The number of hydrogen-bond donors (Lipinski definition) is 3. The van der Waals surface area contributed by atoms with Crippen LogP contribution in [0.25, 0.3) is 0 Å². The number of fused-ring (bicyclic) bond motifs is 1. The number of phenols is 1. The summed E-state index contributed by atoms with van der Waals surface area (Å²) in [5, 5.41) is 31.5. The van der Waals surface area contributed by atoms with Gasteiger partial charge < -0.3 is 20.1 Å². The van der Waals surface area contributed by atoms with Crippen LogP contribution in [0.4, 0.5) is 0 Å². The van der Waals surface area contributed by atoms with Crippen LogP contribution in [0.5, 0.6) is 11.5 Å². The maximum atomic E-state index is 12.8. The largest absolute Gasteiger partial charge is 0.507 e. The van der Waals surface area contributed by atoms with Crippen molar-refractivity contribution in [2.75, 3.05) is 5.75 Å². The smallest absolute Gasteiger partial charge is 0.332 e. The number of carboxylic acids is 1. The zero-order valence-corrected chi connectivity index (χ0v) is 26.9. The molecule has 6 nitrogen and oxygen atoms in total. The van der Waals surface area contributed by atoms with Crippen LogP contribution in [-0.4, -0.2) is 43.3 Å². The summed E-state index contributed by atoms with van der Waals surface area (Å²) >= 11 is 6.92. The number of rotatable bonds is 11. The van der Waals surface area contributed by atoms with Crippen molar-refractivity contribution in [1.29, 1.82) is 0 Å². The number of carbonyl (C=O) groups is 2. The predicted octanol–water partition coefficient (Wildman–Crippen LogP) is 7.38. The van der Waals surface area contributed by atoms with Gasteiger partial charge in [0.2, 0.25) is 4.38 Å². The Bertz CT molecular complexity index is 1330.